The van der Waals surface area contributed by atoms with Crippen molar-refractivity contribution < 1.29 is 24.2 Å². The molecule has 1 aliphatic carbocycles. The first-order chi connectivity index (χ1) is 17.0. The number of fused-ring (bicyclic) bond motifs is 1. The van der Waals surface area contributed by atoms with Crippen LogP contribution in [-0.2, 0) is 14.3 Å². The average molecular weight is 483 g/mol. The van der Waals surface area contributed by atoms with Crippen molar-refractivity contribution >= 4 is 22.7 Å². The second-order valence-corrected chi connectivity index (χ2v) is 9.73. The highest BCUT2D eigenvalue weighted by molar-refractivity contribution is 5.95. The molecule has 1 aromatic heterocycles. The lowest BCUT2D eigenvalue weighted by atomic mass is 9.80. The van der Waals surface area contributed by atoms with E-state index >= 15 is 0 Å². The molecule has 1 amide bonds. The van der Waals surface area contributed by atoms with Gasteiger partial charge in [0.05, 0.1) is 5.52 Å². The molecule has 2 aliphatic rings. The molecule has 1 N–H and O–H groups in total. The summed E-state index contributed by atoms with van der Waals surface area (Å²) in [5, 5.41) is 10.5. The molecule has 0 bridgehead atoms. The number of allylic oxidation sites excluding steroid dienone is 1. The largest absolute Gasteiger partial charge is 0.459 e. The van der Waals surface area contributed by atoms with Crippen LogP contribution in [-0.4, -0.2) is 59.0 Å². The first-order valence-corrected chi connectivity index (χ1v) is 12.9. The highest BCUT2D eigenvalue weighted by Gasteiger charge is 2.40. The monoisotopic (exact) mass is 482 g/mol. The van der Waals surface area contributed by atoms with E-state index in [0.717, 1.165) is 42.1 Å². The summed E-state index contributed by atoms with van der Waals surface area (Å²) < 4.78 is 13.9. The lowest BCUT2D eigenvalue weighted by Gasteiger charge is -2.39. The average Bonchev–Trinajstić information content (AvgIpc) is 3.27. The molecular weight excluding hydrogens is 444 g/mol. The van der Waals surface area contributed by atoms with E-state index in [2.05, 4.69) is 0 Å². The van der Waals surface area contributed by atoms with Crippen LogP contribution in [0.25, 0.3) is 10.9 Å². The first-order valence-electron chi connectivity index (χ1n) is 12.9. The number of rotatable bonds is 8. The summed E-state index contributed by atoms with van der Waals surface area (Å²) >= 11 is 0. The third-order valence-corrected chi connectivity index (χ3v) is 7.51. The van der Waals surface area contributed by atoms with E-state index in [4.69, 9.17) is 9.47 Å². The number of amides is 1. The van der Waals surface area contributed by atoms with Gasteiger partial charge in [-0.3, -0.25) is 14.2 Å². The van der Waals surface area contributed by atoms with E-state index in [0.29, 0.717) is 25.2 Å². The Morgan fingerprint density at radius 2 is 1.94 bits per heavy atom. The summed E-state index contributed by atoms with van der Waals surface area (Å²) in [6.45, 7) is 3.98. The Balaban J connectivity index is 1.78. The Labute approximate surface area is 207 Å². The van der Waals surface area contributed by atoms with Gasteiger partial charge in [-0.15, -0.1) is 0 Å². The summed E-state index contributed by atoms with van der Waals surface area (Å²) in [5.74, 6) is -0.185. The van der Waals surface area contributed by atoms with Gasteiger partial charge in [0, 0.05) is 56.6 Å². The third kappa shape index (κ3) is 5.31. The molecule has 0 radical (unpaired) electrons. The Bertz CT molecular complexity index is 1070. The zero-order valence-corrected chi connectivity index (χ0v) is 21.1. The smallest absolute Gasteiger partial charge is 0.288 e. The minimum atomic E-state index is -0.611. The summed E-state index contributed by atoms with van der Waals surface area (Å²) in [4.78, 5) is 27.8. The molecule has 7 heteroatoms. The van der Waals surface area contributed by atoms with E-state index in [1.54, 1.807) is 11.5 Å². The number of carbonyl (C=O) groups excluding carboxylic acids is 2. The number of nitrogens with zero attached hydrogens (tertiary/aromatic N) is 2. The molecule has 1 aromatic carbocycles. The van der Waals surface area contributed by atoms with Gasteiger partial charge in [-0.2, -0.15) is 0 Å². The lowest BCUT2D eigenvalue weighted by Crippen LogP contribution is -2.43. The van der Waals surface area contributed by atoms with Crippen molar-refractivity contribution in [2.75, 3.05) is 20.3 Å². The van der Waals surface area contributed by atoms with Crippen LogP contribution < -0.4 is 0 Å². The van der Waals surface area contributed by atoms with Crippen LogP contribution in [0.2, 0.25) is 0 Å². The van der Waals surface area contributed by atoms with Gasteiger partial charge in [-0.1, -0.05) is 37.5 Å². The number of likely N-dealkylation sites (N-methyl/N-ethyl adjacent to an activating group) is 1. The molecule has 4 rings (SSSR count). The van der Waals surface area contributed by atoms with Crippen molar-refractivity contribution in [1.82, 2.24) is 9.47 Å². The highest BCUT2D eigenvalue weighted by atomic mass is 16.7. The van der Waals surface area contributed by atoms with Crippen molar-refractivity contribution in [1.29, 1.82) is 0 Å². The van der Waals surface area contributed by atoms with E-state index in [1.165, 1.54) is 6.42 Å². The van der Waals surface area contributed by atoms with E-state index < -0.39 is 6.29 Å². The van der Waals surface area contributed by atoms with Crippen LogP contribution in [0.4, 0.5) is 0 Å². The minimum Gasteiger partial charge on any atom is -0.459 e. The van der Waals surface area contributed by atoms with E-state index in [9.17, 15) is 14.7 Å². The number of aliphatic hydroxyl groups is 1. The number of carbonyl (C=O) groups is 2. The van der Waals surface area contributed by atoms with Gasteiger partial charge in [0.15, 0.2) is 5.76 Å². The van der Waals surface area contributed by atoms with Crippen LogP contribution in [0.3, 0.4) is 0 Å². The number of para-hydroxylation sites is 1. The van der Waals surface area contributed by atoms with Crippen LogP contribution in [0, 0.1) is 5.92 Å². The number of aliphatic hydroxyl groups excluding tert-OH is 1. The summed E-state index contributed by atoms with van der Waals surface area (Å²) in [5.41, 5.74) is 1.81. The fourth-order valence-corrected chi connectivity index (χ4v) is 5.65. The van der Waals surface area contributed by atoms with Crippen molar-refractivity contribution in [3.8, 4) is 0 Å². The molecule has 7 nitrogen and oxygen atoms in total. The number of hydrogen-bond donors (Lipinski definition) is 1. The molecule has 1 saturated carbocycles. The molecule has 0 spiro atoms. The SMILES string of the molecule is CCO[C@H]1OC(C(=O)N(C)C2CCCCC2)=C[C@@H](c2cn(C(C)=O)c3ccccc23)[C@@H]1CCCO. The molecule has 1 fully saturated rings. The Kier molecular flexibility index (Phi) is 8.29. The standard InChI is InChI=1S/C28H38N2O5/c1-4-34-28-22(14-10-16-31)23(24-18-30(19(2)32)25-15-9-8-13-21(24)25)17-26(35-28)27(33)29(3)20-11-6-5-7-12-20/h8-9,13,15,17-18,20,22-23,28,31H,4-7,10-12,14,16H2,1-3H3/t22-,23+,28-/m0/s1. The maximum absolute atomic E-state index is 13.6. The van der Waals surface area contributed by atoms with Crippen LogP contribution in [0.1, 0.15) is 75.1 Å². The molecule has 0 unspecified atom stereocenters. The van der Waals surface area contributed by atoms with Crippen LogP contribution in [0.15, 0.2) is 42.3 Å². The van der Waals surface area contributed by atoms with Gasteiger partial charge in [0.2, 0.25) is 12.2 Å². The predicted octanol–water partition coefficient (Wildman–Crippen LogP) is 4.84. The van der Waals surface area contributed by atoms with Gasteiger partial charge in [-0.05, 0) is 50.3 Å². The minimum absolute atomic E-state index is 0.0647. The number of benzene rings is 1. The first kappa shape index (κ1) is 25.5. The van der Waals surface area contributed by atoms with E-state index in [-0.39, 0.29) is 36.3 Å². The van der Waals surface area contributed by atoms with Gasteiger partial charge in [0.1, 0.15) is 0 Å². The van der Waals surface area contributed by atoms with Crippen LogP contribution in [0.5, 0.6) is 0 Å². The molecule has 0 saturated heterocycles. The zero-order chi connectivity index (χ0) is 24.9. The molecule has 35 heavy (non-hydrogen) atoms. The van der Waals surface area contributed by atoms with Crippen LogP contribution >= 0.6 is 0 Å². The topological polar surface area (TPSA) is 81.0 Å². The second kappa shape index (κ2) is 11.4. The summed E-state index contributed by atoms with van der Waals surface area (Å²) in [6, 6.07) is 8.06. The molecule has 190 valence electrons. The molecular formula is C28H38N2O5. The number of aromatic nitrogens is 1. The van der Waals surface area contributed by atoms with Crippen molar-refractivity contribution in [3.63, 3.8) is 0 Å². The van der Waals surface area contributed by atoms with E-state index in [1.807, 2.05) is 55.4 Å². The van der Waals surface area contributed by atoms with Crippen molar-refractivity contribution in [2.45, 2.75) is 77.0 Å². The Morgan fingerprint density at radius 1 is 1.20 bits per heavy atom. The van der Waals surface area contributed by atoms with Gasteiger partial charge in [-0.25, -0.2) is 0 Å². The maximum Gasteiger partial charge on any atom is 0.288 e. The normalized spacial score (nSPS) is 23.1. The Hall–Kier alpha value is -2.64. The van der Waals surface area contributed by atoms with Crippen molar-refractivity contribution in [2.24, 2.45) is 5.92 Å². The Morgan fingerprint density at radius 3 is 2.63 bits per heavy atom. The third-order valence-electron chi connectivity index (χ3n) is 7.51. The molecule has 2 heterocycles. The zero-order valence-electron chi connectivity index (χ0n) is 21.1. The number of ether oxygens (including phenoxy) is 2. The maximum atomic E-state index is 13.6. The second-order valence-electron chi connectivity index (χ2n) is 9.73. The fraction of sp³-hybridized carbons (Fsp3) is 0.571. The fourth-order valence-electron chi connectivity index (χ4n) is 5.65. The summed E-state index contributed by atoms with van der Waals surface area (Å²) in [7, 11) is 1.87. The number of hydrogen-bond acceptors (Lipinski definition) is 5. The predicted molar refractivity (Wildman–Crippen MR) is 135 cm³/mol. The molecule has 2 aromatic rings. The molecule has 3 atom stereocenters. The van der Waals surface area contributed by atoms with Crippen molar-refractivity contribution in [3.05, 3.63) is 47.9 Å². The van der Waals surface area contributed by atoms with Gasteiger partial charge < -0.3 is 19.5 Å². The highest BCUT2D eigenvalue weighted by Crippen LogP contribution is 2.43. The molecule has 1 aliphatic heterocycles. The van der Waals surface area contributed by atoms with Gasteiger partial charge >= 0.3 is 0 Å². The quantitative estimate of drug-likeness (QED) is 0.582. The van der Waals surface area contributed by atoms with Gasteiger partial charge in [0.25, 0.3) is 5.91 Å². The summed E-state index contributed by atoms with van der Waals surface area (Å²) in [6.07, 6.45) is 9.99. The lowest BCUT2D eigenvalue weighted by molar-refractivity contribution is -0.170.